The molecular weight excluding hydrogens is 395 g/mol. The Balaban J connectivity index is 2.22. The summed E-state index contributed by atoms with van der Waals surface area (Å²) >= 11 is 11.9. The van der Waals surface area contributed by atoms with Crippen LogP contribution in [-0.4, -0.2) is 26.6 Å². The van der Waals surface area contributed by atoms with Crippen LogP contribution < -0.4 is 9.62 Å². The quantitative estimate of drug-likeness (QED) is 0.781. The highest BCUT2D eigenvalue weighted by Gasteiger charge is 2.29. The number of carbonyl (C=O) groups is 1. The largest absolute Gasteiger partial charge is 0.350 e. The number of hydrogen-bond acceptors (Lipinski definition) is 3. The van der Waals surface area contributed by atoms with Gasteiger partial charge in [-0.25, -0.2) is 8.42 Å². The van der Waals surface area contributed by atoms with Crippen molar-refractivity contribution in [3.8, 4) is 0 Å². The van der Waals surface area contributed by atoms with Crippen molar-refractivity contribution in [2.75, 3.05) is 10.6 Å². The zero-order valence-electron chi connectivity index (χ0n) is 14.7. The first-order valence-electron chi connectivity index (χ1n) is 7.87. The predicted molar refractivity (Wildman–Crippen MR) is 106 cm³/mol. The van der Waals surface area contributed by atoms with Crippen molar-refractivity contribution in [1.82, 2.24) is 5.32 Å². The van der Waals surface area contributed by atoms with Gasteiger partial charge >= 0.3 is 0 Å². The minimum Gasteiger partial charge on any atom is -0.350 e. The number of halogens is 2. The molecule has 0 aromatic heterocycles. The van der Waals surface area contributed by atoms with E-state index in [2.05, 4.69) is 5.32 Å². The third-order valence-corrected chi connectivity index (χ3v) is 5.78. The smallest absolute Gasteiger partial charge is 0.243 e. The minimum atomic E-state index is -3.71. The van der Waals surface area contributed by atoms with Crippen LogP contribution in [0.4, 0.5) is 5.69 Å². The number of amides is 1. The Morgan fingerprint density at radius 2 is 1.85 bits per heavy atom. The van der Waals surface area contributed by atoms with Gasteiger partial charge in [0, 0.05) is 6.54 Å². The van der Waals surface area contributed by atoms with Crippen molar-refractivity contribution < 1.29 is 13.2 Å². The standard InChI is InChI=1S/C18H20Cl2N2O3S/c1-12-5-4-6-14(9-12)11-21-18(23)13(2)22(26(3,24)25)15-7-8-16(19)17(20)10-15/h4-10,13H,11H2,1-3H3,(H,21,23)/t13-/m0/s1. The molecule has 140 valence electrons. The van der Waals surface area contributed by atoms with Gasteiger partial charge in [0.25, 0.3) is 0 Å². The molecule has 0 radical (unpaired) electrons. The Bertz CT molecular complexity index is 916. The molecule has 1 amide bonds. The number of carbonyl (C=O) groups excluding carboxylic acids is 1. The van der Waals surface area contributed by atoms with Gasteiger partial charge in [0.1, 0.15) is 6.04 Å². The number of nitrogens with one attached hydrogen (secondary N) is 1. The molecule has 0 fully saturated rings. The topological polar surface area (TPSA) is 66.5 Å². The fraction of sp³-hybridized carbons (Fsp3) is 0.278. The van der Waals surface area contributed by atoms with E-state index in [1.165, 1.54) is 25.1 Å². The van der Waals surface area contributed by atoms with E-state index in [9.17, 15) is 13.2 Å². The van der Waals surface area contributed by atoms with E-state index in [1.54, 1.807) is 0 Å². The highest BCUT2D eigenvalue weighted by atomic mass is 35.5. The lowest BCUT2D eigenvalue weighted by Crippen LogP contribution is -2.47. The van der Waals surface area contributed by atoms with E-state index in [-0.39, 0.29) is 10.7 Å². The average molecular weight is 415 g/mol. The van der Waals surface area contributed by atoms with Crippen molar-refractivity contribution in [3.63, 3.8) is 0 Å². The second-order valence-corrected chi connectivity index (χ2v) is 8.71. The van der Waals surface area contributed by atoms with Gasteiger partial charge in [0.2, 0.25) is 15.9 Å². The second kappa shape index (κ2) is 8.29. The van der Waals surface area contributed by atoms with Crippen LogP contribution in [0.3, 0.4) is 0 Å². The van der Waals surface area contributed by atoms with Gasteiger partial charge in [-0.3, -0.25) is 9.10 Å². The molecule has 2 aromatic carbocycles. The van der Waals surface area contributed by atoms with Crippen molar-refractivity contribution in [2.45, 2.75) is 26.4 Å². The number of sulfonamides is 1. The number of benzene rings is 2. The van der Waals surface area contributed by atoms with Crippen LogP contribution in [0, 0.1) is 6.92 Å². The number of hydrogen-bond donors (Lipinski definition) is 1. The lowest BCUT2D eigenvalue weighted by atomic mass is 10.1. The summed E-state index contributed by atoms with van der Waals surface area (Å²) in [5, 5.41) is 3.29. The van der Waals surface area contributed by atoms with E-state index in [0.29, 0.717) is 11.6 Å². The maximum absolute atomic E-state index is 12.5. The predicted octanol–water partition coefficient (Wildman–Crippen LogP) is 3.77. The molecule has 0 bridgehead atoms. The van der Waals surface area contributed by atoms with Crippen LogP contribution in [-0.2, 0) is 21.4 Å². The van der Waals surface area contributed by atoms with E-state index in [1.807, 2.05) is 31.2 Å². The van der Waals surface area contributed by atoms with Gasteiger partial charge in [-0.1, -0.05) is 53.0 Å². The molecule has 1 atom stereocenters. The number of rotatable bonds is 6. The van der Waals surface area contributed by atoms with Gasteiger partial charge in [-0.2, -0.15) is 0 Å². The van der Waals surface area contributed by atoms with Crippen LogP contribution in [0.2, 0.25) is 10.0 Å². The van der Waals surface area contributed by atoms with Crippen molar-refractivity contribution in [3.05, 3.63) is 63.6 Å². The zero-order valence-corrected chi connectivity index (χ0v) is 17.0. The second-order valence-electron chi connectivity index (χ2n) is 6.04. The van der Waals surface area contributed by atoms with Gasteiger partial charge in [0.15, 0.2) is 0 Å². The maximum Gasteiger partial charge on any atom is 0.243 e. The fourth-order valence-electron chi connectivity index (χ4n) is 2.59. The third kappa shape index (κ3) is 5.13. The van der Waals surface area contributed by atoms with Crippen molar-refractivity contribution in [1.29, 1.82) is 0 Å². The Kier molecular flexibility index (Phi) is 6.55. The number of nitrogens with zero attached hydrogens (tertiary/aromatic N) is 1. The first-order valence-corrected chi connectivity index (χ1v) is 10.5. The summed E-state index contributed by atoms with van der Waals surface area (Å²) < 4.78 is 25.6. The SMILES string of the molecule is Cc1cccc(CNC(=O)[C@H](C)N(c2ccc(Cl)c(Cl)c2)S(C)(=O)=O)c1. The minimum absolute atomic E-state index is 0.213. The highest BCUT2D eigenvalue weighted by molar-refractivity contribution is 7.92. The van der Waals surface area contributed by atoms with Crippen LogP contribution in [0.25, 0.3) is 0 Å². The molecular formula is C18H20Cl2N2O3S. The van der Waals surface area contributed by atoms with Crippen LogP contribution >= 0.6 is 23.2 Å². The number of aryl methyl sites for hydroxylation is 1. The molecule has 0 spiro atoms. The Hall–Kier alpha value is -1.76. The molecule has 0 aliphatic carbocycles. The summed E-state index contributed by atoms with van der Waals surface area (Å²) in [5.74, 6) is -0.414. The Morgan fingerprint density at radius 3 is 2.42 bits per heavy atom. The van der Waals surface area contributed by atoms with Gasteiger partial charge in [-0.05, 0) is 37.6 Å². The Labute approximate surface area is 164 Å². The van der Waals surface area contributed by atoms with Gasteiger partial charge in [-0.15, -0.1) is 0 Å². The normalized spacial score (nSPS) is 12.5. The van der Waals surface area contributed by atoms with E-state index < -0.39 is 22.0 Å². The summed E-state index contributed by atoms with van der Waals surface area (Å²) in [4.78, 5) is 12.5. The third-order valence-electron chi connectivity index (χ3n) is 3.80. The van der Waals surface area contributed by atoms with Crippen molar-refractivity contribution >= 4 is 44.8 Å². The molecule has 0 aliphatic rings. The number of anilines is 1. The lowest BCUT2D eigenvalue weighted by Gasteiger charge is -2.28. The molecule has 2 aromatic rings. The van der Waals surface area contributed by atoms with E-state index in [0.717, 1.165) is 21.7 Å². The molecule has 2 rings (SSSR count). The summed E-state index contributed by atoms with van der Waals surface area (Å²) in [7, 11) is -3.71. The molecule has 26 heavy (non-hydrogen) atoms. The van der Waals surface area contributed by atoms with E-state index >= 15 is 0 Å². The molecule has 0 heterocycles. The first kappa shape index (κ1) is 20.6. The highest BCUT2D eigenvalue weighted by Crippen LogP contribution is 2.29. The van der Waals surface area contributed by atoms with Crippen LogP contribution in [0.15, 0.2) is 42.5 Å². The molecule has 8 heteroatoms. The van der Waals surface area contributed by atoms with Crippen molar-refractivity contribution in [2.24, 2.45) is 0 Å². The van der Waals surface area contributed by atoms with Gasteiger partial charge in [0.05, 0.1) is 22.0 Å². The zero-order chi connectivity index (χ0) is 19.5. The fourth-order valence-corrected chi connectivity index (χ4v) is 4.05. The lowest BCUT2D eigenvalue weighted by molar-refractivity contribution is -0.122. The molecule has 0 saturated heterocycles. The summed E-state index contributed by atoms with van der Waals surface area (Å²) in [5.41, 5.74) is 2.30. The van der Waals surface area contributed by atoms with Crippen LogP contribution in [0.1, 0.15) is 18.1 Å². The summed E-state index contributed by atoms with van der Waals surface area (Å²) in [6.07, 6.45) is 1.04. The Morgan fingerprint density at radius 1 is 1.15 bits per heavy atom. The molecule has 5 nitrogen and oxygen atoms in total. The maximum atomic E-state index is 12.5. The molecule has 1 N–H and O–H groups in total. The average Bonchev–Trinajstić information content (AvgIpc) is 2.55. The first-order chi connectivity index (χ1) is 12.1. The summed E-state index contributed by atoms with van der Waals surface area (Å²) in [6, 6.07) is 11.2. The molecule has 0 unspecified atom stereocenters. The summed E-state index contributed by atoms with van der Waals surface area (Å²) in [6.45, 7) is 3.79. The molecule has 0 saturated carbocycles. The van der Waals surface area contributed by atoms with E-state index in [4.69, 9.17) is 23.2 Å². The monoisotopic (exact) mass is 414 g/mol. The van der Waals surface area contributed by atoms with Crippen LogP contribution in [0.5, 0.6) is 0 Å². The molecule has 0 aliphatic heterocycles. The van der Waals surface area contributed by atoms with Gasteiger partial charge < -0.3 is 5.32 Å².